The number of aryl methyl sites for hydroxylation is 1. The van der Waals surface area contributed by atoms with Crippen LogP contribution in [-0.2, 0) is 11.8 Å². The number of nitrogens with zero attached hydrogens (tertiary/aromatic N) is 5. The van der Waals surface area contributed by atoms with E-state index in [1.807, 2.05) is 50.5 Å². The van der Waals surface area contributed by atoms with E-state index in [0.717, 1.165) is 23.2 Å². The number of nitrogens with one attached hydrogen (secondary N) is 3. The fourth-order valence-electron chi connectivity index (χ4n) is 4.95. The normalized spacial score (nSPS) is 18.8. The van der Waals surface area contributed by atoms with Crippen LogP contribution in [0.3, 0.4) is 0 Å². The SMILES string of the molecule is COCC[C@@H]1C[C@@H](NC(=O)Nc2c(C)c(-c3cnn(C)c3)nn2-c2ccccc2)[C@H](c2cnc(Cl)c(F)c2)N1. The quantitative estimate of drug-likeness (QED) is 0.279. The molecule has 3 aromatic heterocycles. The Bertz CT molecular complexity index is 1460. The lowest BCUT2D eigenvalue weighted by molar-refractivity contribution is 0.184. The largest absolute Gasteiger partial charge is 0.385 e. The number of methoxy groups -OCH3 is 1. The van der Waals surface area contributed by atoms with Crippen molar-refractivity contribution in [3.05, 3.63) is 77.1 Å². The molecule has 0 aliphatic carbocycles. The number of rotatable bonds is 8. The molecule has 1 aromatic carbocycles. The molecule has 204 valence electrons. The Balaban J connectivity index is 1.42. The lowest BCUT2D eigenvalue weighted by Crippen LogP contribution is -2.41. The van der Waals surface area contributed by atoms with Gasteiger partial charge in [-0.25, -0.2) is 18.9 Å². The van der Waals surface area contributed by atoms with Gasteiger partial charge in [0, 0.05) is 50.3 Å². The van der Waals surface area contributed by atoms with Crippen molar-refractivity contribution in [3.8, 4) is 16.9 Å². The van der Waals surface area contributed by atoms with Gasteiger partial charge in [0.1, 0.15) is 11.5 Å². The molecule has 4 aromatic rings. The van der Waals surface area contributed by atoms with Crippen molar-refractivity contribution in [2.24, 2.45) is 7.05 Å². The van der Waals surface area contributed by atoms with E-state index in [4.69, 9.17) is 21.4 Å². The van der Waals surface area contributed by atoms with Crippen molar-refractivity contribution in [2.75, 3.05) is 19.0 Å². The molecule has 3 atom stereocenters. The first-order valence-electron chi connectivity index (χ1n) is 12.6. The van der Waals surface area contributed by atoms with Crippen molar-refractivity contribution in [1.29, 1.82) is 0 Å². The molecule has 39 heavy (non-hydrogen) atoms. The van der Waals surface area contributed by atoms with Crippen LogP contribution in [-0.4, -0.2) is 56.4 Å². The van der Waals surface area contributed by atoms with Crippen molar-refractivity contribution < 1.29 is 13.9 Å². The molecule has 1 aliphatic rings. The molecule has 3 N–H and O–H groups in total. The summed E-state index contributed by atoms with van der Waals surface area (Å²) in [6.45, 7) is 2.47. The highest BCUT2D eigenvalue weighted by Crippen LogP contribution is 2.32. The topological polar surface area (TPSA) is 111 Å². The fraction of sp³-hybridized carbons (Fsp3) is 0.333. The van der Waals surface area contributed by atoms with Crippen LogP contribution in [0.4, 0.5) is 15.0 Å². The Hall–Kier alpha value is -3.80. The molecule has 0 bridgehead atoms. The highest BCUT2D eigenvalue weighted by Gasteiger charge is 2.36. The van der Waals surface area contributed by atoms with Gasteiger partial charge in [0.2, 0.25) is 0 Å². The summed E-state index contributed by atoms with van der Waals surface area (Å²) in [6, 6.07) is 9.90. The van der Waals surface area contributed by atoms with Gasteiger partial charge in [-0.15, -0.1) is 0 Å². The molecule has 2 amide bonds. The smallest absolute Gasteiger partial charge is 0.320 e. The number of ether oxygens (including phenoxy) is 1. The molecular weight excluding hydrogens is 523 g/mol. The Morgan fingerprint density at radius 2 is 2.08 bits per heavy atom. The molecule has 1 fully saturated rings. The van der Waals surface area contributed by atoms with E-state index in [-0.39, 0.29) is 23.3 Å². The molecule has 0 radical (unpaired) electrons. The zero-order valence-electron chi connectivity index (χ0n) is 21.9. The summed E-state index contributed by atoms with van der Waals surface area (Å²) >= 11 is 5.81. The molecule has 1 saturated heterocycles. The van der Waals surface area contributed by atoms with Crippen LogP contribution in [0.2, 0.25) is 5.15 Å². The summed E-state index contributed by atoms with van der Waals surface area (Å²) in [5.74, 6) is -0.0694. The van der Waals surface area contributed by atoms with E-state index in [1.165, 1.54) is 12.3 Å². The second-order valence-corrected chi connectivity index (χ2v) is 9.93. The number of carbonyl (C=O) groups is 1. The summed E-state index contributed by atoms with van der Waals surface area (Å²) in [6.07, 6.45) is 6.52. The van der Waals surface area contributed by atoms with Crippen LogP contribution in [0, 0.1) is 12.7 Å². The first-order valence-corrected chi connectivity index (χ1v) is 13.0. The van der Waals surface area contributed by atoms with Crippen LogP contribution >= 0.6 is 11.6 Å². The van der Waals surface area contributed by atoms with Gasteiger partial charge < -0.3 is 15.4 Å². The third kappa shape index (κ3) is 5.80. The van der Waals surface area contributed by atoms with Crippen LogP contribution in [0.25, 0.3) is 16.9 Å². The van der Waals surface area contributed by atoms with Crippen LogP contribution < -0.4 is 16.0 Å². The van der Waals surface area contributed by atoms with Crippen LogP contribution in [0.15, 0.2) is 55.0 Å². The molecular formula is C27H30ClFN8O2. The number of amides is 2. The molecule has 4 heterocycles. The summed E-state index contributed by atoms with van der Waals surface area (Å²) in [7, 11) is 3.49. The van der Waals surface area contributed by atoms with Gasteiger partial charge >= 0.3 is 6.03 Å². The highest BCUT2D eigenvalue weighted by molar-refractivity contribution is 6.29. The number of carbonyl (C=O) groups excluding carboxylic acids is 1. The zero-order chi connectivity index (χ0) is 27.5. The monoisotopic (exact) mass is 552 g/mol. The van der Waals surface area contributed by atoms with Gasteiger partial charge in [-0.1, -0.05) is 29.8 Å². The van der Waals surface area contributed by atoms with Crippen molar-refractivity contribution >= 4 is 23.4 Å². The number of hydrogen-bond donors (Lipinski definition) is 3. The number of pyridine rings is 1. The molecule has 0 spiro atoms. The first kappa shape index (κ1) is 26.8. The average molecular weight is 553 g/mol. The lowest BCUT2D eigenvalue weighted by Gasteiger charge is -2.22. The van der Waals surface area contributed by atoms with Gasteiger partial charge in [-0.3, -0.25) is 10.00 Å². The maximum atomic E-state index is 14.2. The standard InChI is InChI=1S/C27H30ClFN8O2/c1-16-23(18-14-31-36(2)15-18)35-37(20-7-5-4-6-8-20)26(16)34-27(38)33-22-12-19(9-10-39-3)32-24(22)17-11-21(29)25(28)30-13-17/h4-8,11,13-15,19,22,24,32H,9-10,12H2,1-3H3,(H2,33,34,38)/t19-,22-,24+/m1/s1. The Morgan fingerprint density at radius 1 is 1.28 bits per heavy atom. The van der Waals surface area contributed by atoms with E-state index in [1.54, 1.807) is 22.7 Å². The number of hydrogen-bond acceptors (Lipinski definition) is 6. The molecule has 1 aliphatic heterocycles. The Kier molecular flexibility index (Phi) is 7.92. The Morgan fingerprint density at radius 3 is 2.77 bits per heavy atom. The number of para-hydroxylation sites is 1. The van der Waals surface area contributed by atoms with Gasteiger partial charge in [0.15, 0.2) is 11.0 Å². The van der Waals surface area contributed by atoms with Crippen molar-refractivity contribution in [3.63, 3.8) is 0 Å². The minimum absolute atomic E-state index is 0.0627. The minimum atomic E-state index is -0.607. The van der Waals surface area contributed by atoms with E-state index >= 15 is 0 Å². The van der Waals surface area contributed by atoms with E-state index in [2.05, 4.69) is 26.0 Å². The first-order chi connectivity index (χ1) is 18.8. The van der Waals surface area contributed by atoms with Gasteiger partial charge in [-0.2, -0.15) is 10.2 Å². The third-order valence-electron chi connectivity index (χ3n) is 6.85. The second-order valence-electron chi connectivity index (χ2n) is 9.58. The van der Waals surface area contributed by atoms with Gasteiger partial charge in [0.05, 0.1) is 24.0 Å². The molecule has 0 saturated carbocycles. The van der Waals surface area contributed by atoms with Crippen LogP contribution in [0.1, 0.15) is 30.0 Å². The maximum absolute atomic E-state index is 14.2. The number of anilines is 1. The average Bonchev–Trinajstić information content (AvgIpc) is 3.62. The number of urea groups is 1. The molecule has 0 unspecified atom stereocenters. The maximum Gasteiger partial charge on any atom is 0.320 e. The fourth-order valence-corrected chi connectivity index (χ4v) is 5.05. The number of halogens is 2. The van der Waals surface area contributed by atoms with E-state index in [0.29, 0.717) is 30.1 Å². The lowest BCUT2D eigenvalue weighted by atomic mass is 10.0. The van der Waals surface area contributed by atoms with Gasteiger partial charge in [0.25, 0.3) is 0 Å². The summed E-state index contributed by atoms with van der Waals surface area (Å²) in [5.41, 5.74) is 3.75. The summed E-state index contributed by atoms with van der Waals surface area (Å²) in [4.78, 5) is 17.4. The van der Waals surface area contributed by atoms with Crippen LogP contribution in [0.5, 0.6) is 0 Å². The summed E-state index contributed by atoms with van der Waals surface area (Å²) in [5, 5.41) is 18.5. The zero-order valence-corrected chi connectivity index (χ0v) is 22.6. The second kappa shape index (κ2) is 11.5. The summed E-state index contributed by atoms with van der Waals surface area (Å²) < 4.78 is 22.9. The van der Waals surface area contributed by atoms with E-state index in [9.17, 15) is 9.18 Å². The highest BCUT2D eigenvalue weighted by atomic mass is 35.5. The molecule has 5 rings (SSSR count). The predicted molar refractivity (Wildman–Crippen MR) is 146 cm³/mol. The molecule has 12 heteroatoms. The number of benzene rings is 1. The minimum Gasteiger partial charge on any atom is -0.385 e. The van der Waals surface area contributed by atoms with Crippen molar-refractivity contribution in [1.82, 2.24) is 35.2 Å². The van der Waals surface area contributed by atoms with E-state index < -0.39 is 11.8 Å². The van der Waals surface area contributed by atoms with Gasteiger partial charge in [-0.05, 0) is 43.5 Å². The molecule has 10 nitrogen and oxygen atoms in total. The predicted octanol–water partition coefficient (Wildman–Crippen LogP) is 4.40. The Labute approximate surface area is 230 Å². The number of aromatic nitrogens is 5. The van der Waals surface area contributed by atoms with Crippen molar-refractivity contribution in [2.45, 2.75) is 37.9 Å². The third-order valence-corrected chi connectivity index (χ3v) is 7.13.